The van der Waals surface area contributed by atoms with Crippen molar-refractivity contribution >= 4 is 56.8 Å². The van der Waals surface area contributed by atoms with Gasteiger partial charge >= 0.3 is 0 Å². The van der Waals surface area contributed by atoms with Gasteiger partial charge in [-0.3, -0.25) is 4.79 Å². The summed E-state index contributed by atoms with van der Waals surface area (Å²) in [6.45, 7) is 3.85. The molecule has 0 spiro atoms. The number of para-hydroxylation sites is 1. The number of hydrogen-bond donors (Lipinski definition) is 2. The number of anilines is 2. The minimum Gasteiger partial charge on any atom is -0.496 e. The number of hydrogen-bond acceptors (Lipinski definition) is 6. The van der Waals surface area contributed by atoms with Crippen molar-refractivity contribution in [2.45, 2.75) is 30.8 Å². The standard InChI is InChI=1S/C28H25BrClN5O2S/c1-16-8-4-7-11-22(16)32-26(36)24-17(2)31-27-33-28(38-15-19-9-5-6-10-21(19)30)34-35(27)25(24)18-12-13-23(37-3)20(29)14-18/h4-14,25H,15H2,1-3H3,(H,32,36)(H,31,33,34). The van der Waals surface area contributed by atoms with E-state index >= 15 is 0 Å². The minimum atomic E-state index is -0.514. The van der Waals surface area contributed by atoms with Gasteiger partial charge in [0.1, 0.15) is 11.8 Å². The molecule has 1 aliphatic rings. The summed E-state index contributed by atoms with van der Waals surface area (Å²) in [5, 5.41) is 12.5. The van der Waals surface area contributed by atoms with Crippen LogP contribution in [0, 0.1) is 6.92 Å². The van der Waals surface area contributed by atoms with Crippen LogP contribution in [0.5, 0.6) is 5.75 Å². The fraction of sp³-hybridized carbons (Fsp3) is 0.179. The van der Waals surface area contributed by atoms with Crippen LogP contribution >= 0.6 is 39.3 Å². The van der Waals surface area contributed by atoms with Crippen molar-refractivity contribution in [2.24, 2.45) is 0 Å². The van der Waals surface area contributed by atoms with Crippen LogP contribution in [0.15, 0.2) is 87.6 Å². The molecule has 0 aliphatic carbocycles. The SMILES string of the molecule is COc1ccc(C2C(C(=O)Nc3ccccc3C)=C(C)Nc3nc(SCc4ccccc4Cl)nn32)cc1Br. The van der Waals surface area contributed by atoms with Crippen molar-refractivity contribution < 1.29 is 9.53 Å². The van der Waals surface area contributed by atoms with E-state index in [4.69, 9.17) is 26.4 Å². The molecule has 1 amide bonds. The number of carbonyl (C=O) groups is 1. The van der Waals surface area contributed by atoms with Gasteiger partial charge in [-0.2, -0.15) is 4.98 Å². The van der Waals surface area contributed by atoms with E-state index in [0.29, 0.717) is 38.9 Å². The summed E-state index contributed by atoms with van der Waals surface area (Å²) >= 11 is 11.4. The van der Waals surface area contributed by atoms with Crippen LogP contribution in [0.1, 0.15) is 29.7 Å². The molecule has 0 radical (unpaired) electrons. The Morgan fingerprint density at radius 1 is 1.16 bits per heavy atom. The zero-order valence-electron chi connectivity index (χ0n) is 21.0. The second-order valence-corrected chi connectivity index (χ2v) is 11.0. The Morgan fingerprint density at radius 3 is 2.66 bits per heavy atom. The van der Waals surface area contributed by atoms with E-state index in [2.05, 4.69) is 26.6 Å². The first-order chi connectivity index (χ1) is 18.4. The molecule has 2 heterocycles. The number of carbonyl (C=O) groups excluding carboxylic acids is 1. The molecule has 0 bridgehead atoms. The maximum atomic E-state index is 13.8. The Morgan fingerprint density at radius 2 is 1.92 bits per heavy atom. The van der Waals surface area contributed by atoms with E-state index in [1.807, 2.05) is 80.6 Å². The van der Waals surface area contributed by atoms with Crippen LogP contribution in [-0.4, -0.2) is 27.8 Å². The monoisotopic (exact) mass is 609 g/mol. The molecule has 0 fully saturated rings. The highest BCUT2D eigenvalue weighted by molar-refractivity contribution is 9.10. The van der Waals surface area contributed by atoms with Gasteiger partial charge in [-0.05, 0) is 70.7 Å². The van der Waals surface area contributed by atoms with Gasteiger partial charge in [-0.15, -0.1) is 5.10 Å². The second kappa shape index (κ2) is 11.2. The highest BCUT2D eigenvalue weighted by Gasteiger charge is 2.35. The molecule has 1 unspecified atom stereocenters. The van der Waals surface area contributed by atoms with E-state index in [9.17, 15) is 4.79 Å². The highest BCUT2D eigenvalue weighted by Crippen LogP contribution is 2.39. The third-order valence-electron chi connectivity index (χ3n) is 6.28. The van der Waals surface area contributed by atoms with Crippen molar-refractivity contribution in [3.8, 4) is 5.75 Å². The molecule has 4 aromatic rings. The first kappa shape index (κ1) is 26.3. The van der Waals surface area contributed by atoms with E-state index in [1.54, 1.807) is 11.8 Å². The molecule has 194 valence electrons. The number of allylic oxidation sites excluding steroid dienone is 1. The summed E-state index contributed by atoms with van der Waals surface area (Å²) < 4.78 is 7.98. The molecule has 0 saturated carbocycles. The van der Waals surface area contributed by atoms with Gasteiger partial charge in [0.25, 0.3) is 5.91 Å². The van der Waals surface area contributed by atoms with Crippen LogP contribution in [0.3, 0.4) is 0 Å². The van der Waals surface area contributed by atoms with Gasteiger partial charge in [0, 0.05) is 22.2 Å². The van der Waals surface area contributed by atoms with Crippen molar-refractivity contribution in [3.05, 3.63) is 104 Å². The number of benzene rings is 3. The van der Waals surface area contributed by atoms with Crippen LogP contribution in [0.25, 0.3) is 0 Å². The fourth-order valence-corrected chi connectivity index (χ4v) is 5.98. The van der Waals surface area contributed by atoms with Crippen LogP contribution in [0.2, 0.25) is 5.02 Å². The normalized spacial score (nSPS) is 14.6. The Kier molecular flexibility index (Phi) is 7.78. The first-order valence-electron chi connectivity index (χ1n) is 11.9. The van der Waals surface area contributed by atoms with Crippen LogP contribution < -0.4 is 15.4 Å². The fourth-order valence-electron chi connectivity index (χ4n) is 4.31. The molecule has 7 nitrogen and oxygen atoms in total. The average molecular weight is 611 g/mol. The topological polar surface area (TPSA) is 81.1 Å². The number of ether oxygens (including phenoxy) is 1. The number of methoxy groups -OCH3 is 1. The lowest BCUT2D eigenvalue weighted by atomic mass is 9.95. The van der Waals surface area contributed by atoms with Gasteiger partial charge in [0.2, 0.25) is 11.1 Å². The molecular weight excluding hydrogens is 586 g/mol. The lowest BCUT2D eigenvalue weighted by molar-refractivity contribution is -0.113. The number of nitrogens with one attached hydrogen (secondary N) is 2. The second-order valence-electron chi connectivity index (χ2n) is 8.77. The van der Waals surface area contributed by atoms with Crippen LogP contribution in [0.4, 0.5) is 11.6 Å². The molecule has 3 aromatic carbocycles. The summed E-state index contributed by atoms with van der Waals surface area (Å²) in [5.74, 6) is 1.67. The third-order valence-corrected chi connectivity index (χ3v) is 8.15. The molecule has 0 saturated heterocycles. The molecule has 1 aromatic heterocycles. The van der Waals surface area contributed by atoms with Crippen molar-refractivity contribution in [2.75, 3.05) is 17.7 Å². The van der Waals surface area contributed by atoms with Crippen molar-refractivity contribution in [1.29, 1.82) is 0 Å². The van der Waals surface area contributed by atoms with Gasteiger partial charge in [0.15, 0.2) is 0 Å². The van der Waals surface area contributed by atoms with Crippen LogP contribution in [-0.2, 0) is 10.5 Å². The zero-order valence-corrected chi connectivity index (χ0v) is 24.1. The minimum absolute atomic E-state index is 0.215. The number of aromatic nitrogens is 3. The molecule has 5 rings (SSSR count). The maximum Gasteiger partial charge on any atom is 0.255 e. The van der Waals surface area contributed by atoms with E-state index < -0.39 is 6.04 Å². The Hall–Kier alpha value is -3.27. The number of fused-ring (bicyclic) bond motifs is 1. The van der Waals surface area contributed by atoms with Gasteiger partial charge in [-0.1, -0.05) is 65.8 Å². The maximum absolute atomic E-state index is 13.8. The number of nitrogens with zero attached hydrogens (tertiary/aromatic N) is 3. The number of amides is 1. The van der Waals surface area contributed by atoms with Gasteiger partial charge in [-0.25, -0.2) is 4.68 Å². The molecule has 1 atom stereocenters. The Bertz CT molecular complexity index is 1550. The van der Waals surface area contributed by atoms with Crippen molar-refractivity contribution in [3.63, 3.8) is 0 Å². The summed E-state index contributed by atoms with van der Waals surface area (Å²) in [7, 11) is 1.62. The van der Waals surface area contributed by atoms with Gasteiger partial charge in [0.05, 0.1) is 17.2 Å². The largest absolute Gasteiger partial charge is 0.496 e. The molecule has 1 aliphatic heterocycles. The van der Waals surface area contributed by atoms with E-state index in [-0.39, 0.29) is 5.91 Å². The number of rotatable bonds is 7. The lowest BCUT2D eigenvalue weighted by Crippen LogP contribution is -2.31. The molecule has 2 N–H and O–H groups in total. The summed E-state index contributed by atoms with van der Waals surface area (Å²) in [4.78, 5) is 18.5. The molecular formula is C28H25BrClN5O2S. The number of thioether (sulfide) groups is 1. The third kappa shape index (κ3) is 5.32. The number of halogens is 2. The van der Waals surface area contributed by atoms with E-state index in [1.165, 1.54) is 11.8 Å². The molecule has 38 heavy (non-hydrogen) atoms. The first-order valence-corrected chi connectivity index (χ1v) is 14.0. The predicted octanol–water partition coefficient (Wildman–Crippen LogP) is 7.23. The Balaban J connectivity index is 1.53. The highest BCUT2D eigenvalue weighted by atomic mass is 79.9. The lowest BCUT2D eigenvalue weighted by Gasteiger charge is -2.29. The summed E-state index contributed by atoms with van der Waals surface area (Å²) in [6.07, 6.45) is 0. The van der Waals surface area contributed by atoms with Gasteiger partial charge < -0.3 is 15.4 Å². The van der Waals surface area contributed by atoms with Crippen molar-refractivity contribution in [1.82, 2.24) is 14.8 Å². The summed E-state index contributed by atoms with van der Waals surface area (Å²) in [6, 6.07) is 20.7. The smallest absolute Gasteiger partial charge is 0.255 e. The summed E-state index contributed by atoms with van der Waals surface area (Å²) in [5.41, 5.74) is 4.85. The Labute approximate surface area is 238 Å². The molecule has 10 heteroatoms. The van der Waals surface area contributed by atoms with E-state index in [0.717, 1.165) is 26.9 Å². The predicted molar refractivity (Wildman–Crippen MR) is 156 cm³/mol. The average Bonchev–Trinajstić information content (AvgIpc) is 3.31. The quantitative estimate of drug-likeness (QED) is 0.215. The zero-order chi connectivity index (χ0) is 26.8. The number of aryl methyl sites for hydroxylation is 1.